The normalized spacial score (nSPS) is 17.5. The summed E-state index contributed by atoms with van der Waals surface area (Å²) >= 11 is 6.19. The first-order chi connectivity index (χ1) is 20.4. The number of alkyl halides is 2. The molecule has 4 aromatic heterocycles. The van der Waals surface area contributed by atoms with Crippen LogP contribution in [0.5, 0.6) is 5.88 Å². The monoisotopic (exact) mass is 613 g/mol. The van der Waals surface area contributed by atoms with Crippen LogP contribution in [-0.2, 0) is 13.6 Å². The Bertz CT molecular complexity index is 1680. The minimum absolute atomic E-state index is 0.0613. The van der Waals surface area contributed by atoms with E-state index in [0.29, 0.717) is 78.3 Å². The van der Waals surface area contributed by atoms with Gasteiger partial charge in [-0.1, -0.05) is 11.6 Å². The smallest absolute Gasteiger partial charge is 0.257 e. The number of likely N-dealkylation sites (tertiary alicyclic amines) is 1. The van der Waals surface area contributed by atoms with Gasteiger partial charge in [0.05, 0.1) is 17.7 Å². The molecule has 14 heteroatoms. The summed E-state index contributed by atoms with van der Waals surface area (Å²) in [5.74, 6) is -1.80. The molecule has 1 aliphatic heterocycles. The van der Waals surface area contributed by atoms with Gasteiger partial charge >= 0.3 is 0 Å². The van der Waals surface area contributed by atoms with Crippen LogP contribution >= 0.6 is 11.6 Å². The summed E-state index contributed by atoms with van der Waals surface area (Å²) in [7, 11) is 1.78. The number of aromatic nitrogens is 6. The van der Waals surface area contributed by atoms with Crippen molar-refractivity contribution in [3.8, 4) is 28.5 Å². The van der Waals surface area contributed by atoms with Gasteiger partial charge in [0.25, 0.3) is 5.92 Å². The fourth-order valence-corrected chi connectivity index (χ4v) is 5.78. The number of hydrogen-bond acceptors (Lipinski definition) is 9. The summed E-state index contributed by atoms with van der Waals surface area (Å²) in [6, 6.07) is 4.52. The van der Waals surface area contributed by atoms with E-state index in [4.69, 9.17) is 22.1 Å². The maximum Gasteiger partial charge on any atom is 0.257 e. The summed E-state index contributed by atoms with van der Waals surface area (Å²) in [4.78, 5) is 19.0. The van der Waals surface area contributed by atoms with E-state index in [1.54, 1.807) is 36.3 Å². The molecule has 0 aromatic carbocycles. The largest absolute Gasteiger partial charge is 0.477 e. The van der Waals surface area contributed by atoms with E-state index in [-0.39, 0.29) is 23.3 Å². The Morgan fingerprint density at radius 2 is 1.95 bits per heavy atom. The highest BCUT2D eigenvalue weighted by molar-refractivity contribution is 6.29. The van der Waals surface area contributed by atoms with Crippen molar-refractivity contribution in [1.82, 2.24) is 34.6 Å². The second kappa shape index (κ2) is 10.9. The molecular formula is C29H31ClF3N9O. The van der Waals surface area contributed by atoms with Crippen LogP contribution in [0, 0.1) is 18.2 Å². The van der Waals surface area contributed by atoms with E-state index in [0.717, 1.165) is 0 Å². The molecule has 1 aliphatic carbocycles. The van der Waals surface area contributed by atoms with Crippen LogP contribution in [0.2, 0.25) is 5.15 Å². The number of ether oxygens (including phenoxy) is 1. The lowest BCUT2D eigenvalue weighted by Gasteiger charge is -2.39. The Labute approximate surface area is 251 Å². The van der Waals surface area contributed by atoms with Crippen molar-refractivity contribution < 1.29 is 17.9 Å². The second-order valence-corrected chi connectivity index (χ2v) is 11.8. The Balaban J connectivity index is 1.11. The number of pyridine rings is 2. The van der Waals surface area contributed by atoms with Crippen molar-refractivity contribution in [2.24, 2.45) is 12.5 Å². The number of anilines is 2. The fraction of sp³-hybridized carbons (Fsp3) is 0.414. The third-order valence-electron chi connectivity index (χ3n) is 7.96. The first-order valence-electron chi connectivity index (χ1n) is 13.9. The molecule has 1 saturated heterocycles. The molecule has 5 heterocycles. The van der Waals surface area contributed by atoms with E-state index < -0.39 is 17.2 Å². The quantitative estimate of drug-likeness (QED) is 0.235. The van der Waals surface area contributed by atoms with Gasteiger partial charge in [0.1, 0.15) is 28.0 Å². The molecule has 2 fully saturated rings. The maximum absolute atomic E-state index is 15.3. The lowest BCUT2D eigenvalue weighted by molar-refractivity contribution is -0.0279. The zero-order chi connectivity index (χ0) is 30.5. The van der Waals surface area contributed by atoms with E-state index in [1.165, 1.54) is 12.3 Å². The van der Waals surface area contributed by atoms with Crippen LogP contribution < -0.4 is 15.8 Å². The predicted octanol–water partition coefficient (Wildman–Crippen LogP) is 5.13. The van der Waals surface area contributed by atoms with E-state index in [2.05, 4.69) is 30.4 Å². The van der Waals surface area contributed by atoms with Crippen molar-refractivity contribution in [3.05, 3.63) is 59.0 Å². The maximum atomic E-state index is 15.3. The molecule has 226 valence electrons. The topological polar surface area (TPSA) is 120 Å². The minimum Gasteiger partial charge on any atom is -0.477 e. The molecule has 0 bridgehead atoms. The molecule has 1 atom stereocenters. The van der Waals surface area contributed by atoms with Crippen molar-refractivity contribution in [3.63, 3.8) is 0 Å². The minimum atomic E-state index is -2.57. The van der Waals surface area contributed by atoms with Crippen LogP contribution in [-0.4, -0.2) is 66.3 Å². The van der Waals surface area contributed by atoms with Gasteiger partial charge in [0, 0.05) is 75.4 Å². The van der Waals surface area contributed by atoms with Gasteiger partial charge in [0.15, 0.2) is 5.82 Å². The van der Waals surface area contributed by atoms with E-state index in [1.807, 2.05) is 18.7 Å². The van der Waals surface area contributed by atoms with Gasteiger partial charge in [-0.2, -0.15) is 5.10 Å². The third kappa shape index (κ3) is 5.70. The highest BCUT2D eigenvalue weighted by atomic mass is 35.5. The van der Waals surface area contributed by atoms with Gasteiger partial charge in [-0.25, -0.2) is 32.8 Å². The number of aryl methyl sites for hydroxylation is 2. The average molecular weight is 614 g/mol. The van der Waals surface area contributed by atoms with Gasteiger partial charge in [0.2, 0.25) is 5.88 Å². The van der Waals surface area contributed by atoms with Gasteiger partial charge in [-0.3, -0.25) is 9.88 Å². The van der Waals surface area contributed by atoms with Gasteiger partial charge < -0.3 is 15.8 Å². The molecule has 0 radical (unpaired) electrons. The second-order valence-electron chi connectivity index (χ2n) is 11.4. The van der Waals surface area contributed by atoms with Crippen LogP contribution in [0.15, 0.2) is 36.8 Å². The molecular weight excluding hydrogens is 583 g/mol. The Morgan fingerprint density at radius 1 is 1.19 bits per heavy atom. The average Bonchev–Trinajstić information content (AvgIpc) is 3.37. The SMILES string of the molecule is Cc1nn(C)c(OCC[C@H](C)Nc2cc(Cl)ncc2-c2ncc(CN3CC4(C3)CC4(F)F)cc2F)c1-c1nccc(N)n1. The number of nitrogen functional groups attached to an aromatic ring is 1. The number of halogens is 4. The first kappa shape index (κ1) is 29.1. The fourth-order valence-electron chi connectivity index (χ4n) is 5.63. The zero-order valence-electron chi connectivity index (χ0n) is 23.9. The van der Waals surface area contributed by atoms with Crippen LogP contribution in [0.4, 0.5) is 24.7 Å². The van der Waals surface area contributed by atoms with Gasteiger partial charge in [-0.15, -0.1) is 0 Å². The summed E-state index contributed by atoms with van der Waals surface area (Å²) in [5.41, 5.74) is 8.11. The molecule has 10 nitrogen and oxygen atoms in total. The number of nitrogens with one attached hydrogen (secondary N) is 1. The molecule has 0 unspecified atom stereocenters. The molecule has 43 heavy (non-hydrogen) atoms. The molecule has 2 aliphatic rings. The molecule has 3 N–H and O–H groups in total. The summed E-state index contributed by atoms with van der Waals surface area (Å²) in [6.45, 7) is 5.15. The summed E-state index contributed by atoms with van der Waals surface area (Å²) in [5, 5.41) is 8.06. The van der Waals surface area contributed by atoms with Crippen molar-refractivity contribution in [2.45, 2.75) is 45.2 Å². The zero-order valence-corrected chi connectivity index (χ0v) is 24.7. The van der Waals surface area contributed by atoms with Crippen molar-refractivity contribution >= 4 is 23.1 Å². The van der Waals surface area contributed by atoms with Crippen LogP contribution in [0.1, 0.15) is 31.0 Å². The number of hydrogen-bond donors (Lipinski definition) is 2. The van der Waals surface area contributed by atoms with E-state index in [9.17, 15) is 8.78 Å². The highest BCUT2D eigenvalue weighted by Crippen LogP contribution is 2.65. The lowest BCUT2D eigenvalue weighted by atomic mass is 9.95. The first-order valence-corrected chi connectivity index (χ1v) is 14.2. The predicted molar refractivity (Wildman–Crippen MR) is 156 cm³/mol. The van der Waals surface area contributed by atoms with Crippen LogP contribution in [0.3, 0.4) is 0 Å². The molecule has 1 saturated carbocycles. The molecule has 0 amide bonds. The van der Waals surface area contributed by atoms with Crippen molar-refractivity contribution in [2.75, 3.05) is 30.7 Å². The molecule has 4 aromatic rings. The van der Waals surface area contributed by atoms with Crippen LogP contribution in [0.25, 0.3) is 22.6 Å². The summed E-state index contributed by atoms with van der Waals surface area (Å²) in [6.07, 6.45) is 5.15. The third-order valence-corrected chi connectivity index (χ3v) is 8.16. The number of nitrogens with two attached hydrogens (primary N) is 1. The van der Waals surface area contributed by atoms with Crippen molar-refractivity contribution in [1.29, 1.82) is 0 Å². The Morgan fingerprint density at radius 3 is 2.65 bits per heavy atom. The van der Waals surface area contributed by atoms with E-state index >= 15 is 4.39 Å². The molecule has 6 rings (SSSR count). The summed E-state index contributed by atoms with van der Waals surface area (Å²) < 4.78 is 50.1. The Hall–Kier alpha value is -3.97. The number of nitrogens with zero attached hydrogens (tertiary/aromatic N) is 7. The lowest BCUT2D eigenvalue weighted by Crippen LogP contribution is -2.50. The van der Waals surface area contributed by atoms with Gasteiger partial charge in [-0.05, 0) is 37.6 Å². The standard InChI is InChI=1S/C29H31ClF3N9O/c1-16(5-7-43-27-24(17(2)40-41(27)3)26-35-6-4-23(34)39-26)38-21-9-22(30)36-11-19(21)25-20(31)8-18(10-37-25)12-42-14-28(15-42)13-29(28,32)33/h4,6,8-11,16H,5,7,12-15H2,1-3H3,(H,36,38)(H2,34,35,39)/t16-/m0/s1. The number of rotatable bonds is 10. The Kier molecular flexibility index (Phi) is 7.41. The molecule has 1 spiro atoms. The highest BCUT2D eigenvalue weighted by Gasteiger charge is 2.75.